The number of fused-ring (bicyclic) bond motifs is 1. The molecule has 0 fully saturated rings. The lowest BCUT2D eigenvalue weighted by Gasteiger charge is -2.23. The molecule has 0 saturated carbocycles. The maximum Gasteiger partial charge on any atom is 0.0807 e. The summed E-state index contributed by atoms with van der Waals surface area (Å²) in [6.07, 6.45) is 4.97. The zero-order valence-electron chi connectivity index (χ0n) is 11.8. The Labute approximate surface area is 118 Å². The van der Waals surface area contributed by atoms with Crippen LogP contribution in [0.5, 0.6) is 0 Å². The van der Waals surface area contributed by atoms with E-state index in [1.54, 1.807) is 0 Å². The molecule has 19 heavy (non-hydrogen) atoms. The predicted molar refractivity (Wildman–Crippen MR) is 79.9 cm³/mol. The Balaban J connectivity index is 2.01. The Morgan fingerprint density at radius 1 is 1.42 bits per heavy atom. The monoisotopic (exact) mass is 275 g/mol. The lowest BCUT2D eigenvalue weighted by molar-refractivity contribution is 0.155. The zero-order chi connectivity index (χ0) is 13.6. The molecule has 0 aliphatic heterocycles. The molecule has 0 spiro atoms. The van der Waals surface area contributed by atoms with Crippen molar-refractivity contribution in [1.82, 2.24) is 4.57 Å². The van der Waals surface area contributed by atoms with Crippen molar-refractivity contribution in [2.45, 2.75) is 52.2 Å². The van der Waals surface area contributed by atoms with E-state index in [0.717, 1.165) is 24.8 Å². The SMILES string of the molecule is Cc1cc(C(C)n2ccc3c2CCCC3O)c(C)s1. The van der Waals surface area contributed by atoms with E-state index in [1.807, 2.05) is 11.3 Å². The molecule has 0 amide bonds. The molecule has 3 heteroatoms. The second kappa shape index (κ2) is 4.80. The lowest BCUT2D eigenvalue weighted by atomic mass is 9.95. The highest BCUT2D eigenvalue weighted by molar-refractivity contribution is 7.12. The standard InChI is InChI=1S/C16H21NOS/c1-10-9-14(12(3)19-10)11(2)17-8-7-13-15(17)5-4-6-16(13)18/h7-9,11,16,18H,4-6H2,1-3H3. The van der Waals surface area contributed by atoms with Gasteiger partial charge in [-0.2, -0.15) is 0 Å². The van der Waals surface area contributed by atoms with Gasteiger partial charge < -0.3 is 9.67 Å². The second-order valence-corrected chi connectivity index (χ2v) is 7.04. The molecule has 1 aliphatic rings. The summed E-state index contributed by atoms with van der Waals surface area (Å²) in [6, 6.07) is 4.76. The lowest BCUT2D eigenvalue weighted by Crippen LogP contribution is -2.15. The number of aryl methyl sites for hydroxylation is 2. The van der Waals surface area contributed by atoms with Gasteiger partial charge in [-0.1, -0.05) is 0 Å². The average Bonchev–Trinajstić information content (AvgIpc) is 2.93. The Kier molecular flexibility index (Phi) is 3.27. The normalized spacial score (nSPS) is 20.3. The summed E-state index contributed by atoms with van der Waals surface area (Å²) in [5.41, 5.74) is 3.89. The van der Waals surface area contributed by atoms with Gasteiger partial charge in [0, 0.05) is 27.2 Å². The van der Waals surface area contributed by atoms with Gasteiger partial charge in [-0.15, -0.1) is 11.3 Å². The summed E-state index contributed by atoms with van der Waals surface area (Å²) in [4.78, 5) is 2.78. The van der Waals surface area contributed by atoms with Crippen molar-refractivity contribution in [1.29, 1.82) is 0 Å². The summed E-state index contributed by atoms with van der Waals surface area (Å²) >= 11 is 1.87. The van der Waals surface area contributed by atoms with Gasteiger partial charge in [0.25, 0.3) is 0 Å². The van der Waals surface area contributed by atoms with E-state index < -0.39 is 0 Å². The number of hydrogen-bond acceptors (Lipinski definition) is 2. The van der Waals surface area contributed by atoms with E-state index in [1.165, 1.54) is 21.0 Å². The van der Waals surface area contributed by atoms with Crippen molar-refractivity contribution in [3.8, 4) is 0 Å². The number of thiophene rings is 1. The van der Waals surface area contributed by atoms with Gasteiger partial charge in [0.15, 0.2) is 0 Å². The van der Waals surface area contributed by atoms with Crippen LogP contribution in [0.15, 0.2) is 18.3 Å². The molecular formula is C16H21NOS. The molecule has 2 aromatic heterocycles. The number of hydrogen-bond donors (Lipinski definition) is 1. The van der Waals surface area contributed by atoms with Crippen LogP contribution >= 0.6 is 11.3 Å². The molecule has 0 saturated heterocycles. The van der Waals surface area contributed by atoms with Crippen LogP contribution in [0.1, 0.15) is 58.5 Å². The highest BCUT2D eigenvalue weighted by atomic mass is 32.1. The van der Waals surface area contributed by atoms with E-state index in [2.05, 4.69) is 43.7 Å². The molecule has 2 heterocycles. The predicted octanol–water partition coefficient (Wildman–Crippen LogP) is 4.15. The first-order chi connectivity index (χ1) is 9.08. The van der Waals surface area contributed by atoms with Gasteiger partial charge >= 0.3 is 0 Å². The topological polar surface area (TPSA) is 25.2 Å². The van der Waals surface area contributed by atoms with Gasteiger partial charge in [0.2, 0.25) is 0 Å². The molecule has 0 bridgehead atoms. The quantitative estimate of drug-likeness (QED) is 0.875. The van der Waals surface area contributed by atoms with E-state index >= 15 is 0 Å². The fraction of sp³-hybridized carbons (Fsp3) is 0.500. The van der Waals surface area contributed by atoms with Crippen LogP contribution in [0.4, 0.5) is 0 Å². The largest absolute Gasteiger partial charge is 0.388 e. The van der Waals surface area contributed by atoms with E-state index in [4.69, 9.17) is 0 Å². The van der Waals surface area contributed by atoms with E-state index in [0.29, 0.717) is 6.04 Å². The van der Waals surface area contributed by atoms with Gasteiger partial charge in [0.05, 0.1) is 12.1 Å². The van der Waals surface area contributed by atoms with Crippen LogP contribution in [-0.4, -0.2) is 9.67 Å². The molecule has 2 aromatic rings. The number of rotatable bonds is 2. The van der Waals surface area contributed by atoms with Crippen molar-refractivity contribution in [2.24, 2.45) is 0 Å². The minimum absolute atomic E-state index is 0.262. The molecule has 0 radical (unpaired) electrons. The van der Waals surface area contributed by atoms with Gasteiger partial charge in [-0.3, -0.25) is 0 Å². The smallest absolute Gasteiger partial charge is 0.0807 e. The molecule has 2 nitrogen and oxygen atoms in total. The summed E-state index contributed by atoms with van der Waals surface area (Å²) < 4.78 is 2.35. The maximum atomic E-state index is 10.1. The van der Waals surface area contributed by atoms with Gasteiger partial charge in [-0.05, 0) is 57.7 Å². The Morgan fingerprint density at radius 2 is 2.21 bits per heavy atom. The van der Waals surface area contributed by atoms with Crippen molar-refractivity contribution in [3.63, 3.8) is 0 Å². The number of nitrogens with zero attached hydrogens (tertiary/aromatic N) is 1. The number of aliphatic hydroxyl groups excluding tert-OH is 1. The van der Waals surface area contributed by atoms with Gasteiger partial charge in [-0.25, -0.2) is 0 Å². The van der Waals surface area contributed by atoms with Crippen LogP contribution in [0.25, 0.3) is 0 Å². The van der Waals surface area contributed by atoms with Crippen molar-refractivity contribution >= 4 is 11.3 Å². The minimum atomic E-state index is -0.262. The Bertz CT molecular complexity index is 596. The highest BCUT2D eigenvalue weighted by Gasteiger charge is 2.24. The fourth-order valence-electron chi connectivity index (χ4n) is 3.27. The van der Waals surface area contributed by atoms with E-state index in [-0.39, 0.29) is 6.10 Å². The van der Waals surface area contributed by atoms with Crippen LogP contribution in [-0.2, 0) is 6.42 Å². The molecule has 1 aliphatic carbocycles. The van der Waals surface area contributed by atoms with E-state index in [9.17, 15) is 5.11 Å². The Morgan fingerprint density at radius 3 is 2.89 bits per heavy atom. The molecule has 0 aromatic carbocycles. The van der Waals surface area contributed by atoms with Crippen molar-refractivity contribution in [3.05, 3.63) is 44.9 Å². The second-order valence-electron chi connectivity index (χ2n) is 5.58. The minimum Gasteiger partial charge on any atom is -0.388 e. The van der Waals surface area contributed by atoms with Gasteiger partial charge in [0.1, 0.15) is 0 Å². The number of aromatic nitrogens is 1. The molecule has 2 unspecified atom stereocenters. The highest BCUT2D eigenvalue weighted by Crippen LogP contribution is 2.35. The van der Waals surface area contributed by atoms with Crippen LogP contribution in [0, 0.1) is 13.8 Å². The zero-order valence-corrected chi connectivity index (χ0v) is 12.6. The molecular weight excluding hydrogens is 254 g/mol. The first kappa shape index (κ1) is 12.9. The average molecular weight is 275 g/mol. The summed E-state index contributed by atoms with van der Waals surface area (Å²) in [5.74, 6) is 0. The van der Waals surface area contributed by atoms with Crippen LogP contribution in [0.2, 0.25) is 0 Å². The third-order valence-electron chi connectivity index (χ3n) is 4.26. The summed E-state index contributed by atoms with van der Waals surface area (Å²) in [7, 11) is 0. The van der Waals surface area contributed by atoms with Crippen molar-refractivity contribution < 1.29 is 5.11 Å². The van der Waals surface area contributed by atoms with Crippen molar-refractivity contribution in [2.75, 3.05) is 0 Å². The Hall–Kier alpha value is -1.06. The fourth-order valence-corrected chi connectivity index (χ4v) is 4.29. The summed E-state index contributed by atoms with van der Waals surface area (Å²) in [6.45, 7) is 6.63. The van der Waals surface area contributed by atoms with Crippen LogP contribution in [0.3, 0.4) is 0 Å². The first-order valence-corrected chi connectivity index (χ1v) is 7.84. The first-order valence-electron chi connectivity index (χ1n) is 7.02. The summed E-state index contributed by atoms with van der Waals surface area (Å²) in [5, 5.41) is 10.1. The molecule has 2 atom stereocenters. The molecule has 1 N–H and O–H groups in total. The third-order valence-corrected chi connectivity index (χ3v) is 5.24. The molecule has 102 valence electrons. The third kappa shape index (κ3) is 2.15. The number of aliphatic hydroxyl groups is 1. The maximum absolute atomic E-state index is 10.1. The van der Waals surface area contributed by atoms with Crippen LogP contribution < -0.4 is 0 Å². The molecule has 3 rings (SSSR count).